The van der Waals surface area contributed by atoms with E-state index in [9.17, 15) is 0 Å². The standard InChI is InChI=1S/C16H21N7/c1-2-12-13(3-1)19-14(11-4-5-11)20-15(12)22-6-8-23(9-7-22)16-17-10-18-21-16/h10-11H,1-9H2,(H,17,18,21). The first-order valence-electron chi connectivity index (χ1n) is 8.63. The van der Waals surface area contributed by atoms with Crippen LogP contribution in [-0.2, 0) is 12.8 Å². The zero-order valence-electron chi connectivity index (χ0n) is 13.2. The predicted octanol–water partition coefficient (Wildman–Crippen LogP) is 1.29. The molecule has 0 radical (unpaired) electrons. The van der Waals surface area contributed by atoms with Crippen LogP contribution in [-0.4, -0.2) is 51.3 Å². The molecule has 3 aliphatic rings. The molecule has 0 amide bonds. The van der Waals surface area contributed by atoms with E-state index >= 15 is 0 Å². The van der Waals surface area contributed by atoms with Gasteiger partial charge in [-0.15, -0.1) is 0 Å². The largest absolute Gasteiger partial charge is 0.353 e. The van der Waals surface area contributed by atoms with Crippen molar-refractivity contribution in [1.29, 1.82) is 0 Å². The van der Waals surface area contributed by atoms with E-state index in [2.05, 4.69) is 25.0 Å². The highest BCUT2D eigenvalue weighted by Crippen LogP contribution is 2.40. The molecule has 7 nitrogen and oxygen atoms in total. The topological polar surface area (TPSA) is 73.8 Å². The van der Waals surface area contributed by atoms with E-state index in [1.54, 1.807) is 6.33 Å². The fourth-order valence-electron chi connectivity index (χ4n) is 3.70. The number of fused-ring (bicyclic) bond motifs is 1. The number of aromatic nitrogens is 5. The van der Waals surface area contributed by atoms with Gasteiger partial charge in [-0.25, -0.2) is 15.1 Å². The monoisotopic (exact) mass is 311 g/mol. The molecule has 0 spiro atoms. The average molecular weight is 311 g/mol. The first-order chi connectivity index (χ1) is 11.4. The molecule has 0 unspecified atom stereocenters. The van der Waals surface area contributed by atoms with Gasteiger partial charge in [-0.3, -0.25) is 0 Å². The summed E-state index contributed by atoms with van der Waals surface area (Å²) in [5.41, 5.74) is 2.72. The molecule has 0 atom stereocenters. The van der Waals surface area contributed by atoms with Crippen LogP contribution in [0.4, 0.5) is 11.8 Å². The lowest BCUT2D eigenvalue weighted by molar-refractivity contribution is 0.630. The first-order valence-corrected chi connectivity index (χ1v) is 8.63. The van der Waals surface area contributed by atoms with Gasteiger partial charge in [0.05, 0.1) is 0 Å². The molecule has 1 saturated heterocycles. The van der Waals surface area contributed by atoms with Gasteiger partial charge in [0.1, 0.15) is 18.0 Å². The van der Waals surface area contributed by atoms with Crippen molar-refractivity contribution in [2.45, 2.75) is 38.0 Å². The fourth-order valence-corrected chi connectivity index (χ4v) is 3.70. The Morgan fingerprint density at radius 3 is 2.57 bits per heavy atom. The SMILES string of the molecule is c1n[nH]c(N2CCN(c3nc(C4CC4)nc4c3CCC4)CC2)n1. The molecule has 1 saturated carbocycles. The van der Waals surface area contributed by atoms with Gasteiger partial charge in [-0.05, 0) is 32.1 Å². The average Bonchev–Trinajstić information content (AvgIpc) is 3.11. The van der Waals surface area contributed by atoms with Crippen LogP contribution in [0.15, 0.2) is 6.33 Å². The Balaban J connectivity index is 1.40. The van der Waals surface area contributed by atoms with Gasteiger partial charge in [0.2, 0.25) is 5.95 Å². The van der Waals surface area contributed by atoms with Crippen molar-refractivity contribution < 1.29 is 0 Å². The van der Waals surface area contributed by atoms with Crippen LogP contribution in [0.25, 0.3) is 0 Å². The number of anilines is 2. The lowest BCUT2D eigenvalue weighted by atomic mass is 10.2. The minimum absolute atomic E-state index is 0.620. The fraction of sp³-hybridized carbons (Fsp3) is 0.625. The van der Waals surface area contributed by atoms with Crippen LogP contribution in [0.1, 0.15) is 42.3 Å². The summed E-state index contributed by atoms with van der Waals surface area (Å²) in [6.45, 7) is 3.86. The summed E-state index contributed by atoms with van der Waals surface area (Å²) in [7, 11) is 0. The quantitative estimate of drug-likeness (QED) is 0.921. The summed E-state index contributed by atoms with van der Waals surface area (Å²) in [4.78, 5) is 18.8. The first kappa shape index (κ1) is 13.3. The molecule has 5 rings (SSSR count). The van der Waals surface area contributed by atoms with Crippen molar-refractivity contribution in [2.24, 2.45) is 0 Å². The predicted molar refractivity (Wildman–Crippen MR) is 86.8 cm³/mol. The Morgan fingerprint density at radius 2 is 1.83 bits per heavy atom. The molecule has 1 N–H and O–H groups in total. The highest BCUT2D eigenvalue weighted by Gasteiger charge is 2.31. The van der Waals surface area contributed by atoms with Gasteiger partial charge < -0.3 is 9.80 Å². The molecule has 0 aromatic carbocycles. The van der Waals surface area contributed by atoms with Gasteiger partial charge in [0, 0.05) is 43.4 Å². The van der Waals surface area contributed by atoms with Crippen molar-refractivity contribution in [1.82, 2.24) is 25.1 Å². The second-order valence-electron chi connectivity index (χ2n) is 6.74. The van der Waals surface area contributed by atoms with E-state index in [0.29, 0.717) is 5.92 Å². The Hall–Kier alpha value is -2.18. The van der Waals surface area contributed by atoms with Crippen molar-refractivity contribution in [3.05, 3.63) is 23.4 Å². The van der Waals surface area contributed by atoms with Crippen LogP contribution in [0.5, 0.6) is 0 Å². The lowest BCUT2D eigenvalue weighted by Gasteiger charge is -2.36. The molecule has 23 heavy (non-hydrogen) atoms. The Morgan fingerprint density at radius 1 is 1.00 bits per heavy atom. The van der Waals surface area contributed by atoms with Crippen LogP contribution >= 0.6 is 0 Å². The van der Waals surface area contributed by atoms with E-state index in [-0.39, 0.29) is 0 Å². The van der Waals surface area contributed by atoms with Crippen LogP contribution in [0.3, 0.4) is 0 Å². The minimum atomic E-state index is 0.620. The smallest absolute Gasteiger partial charge is 0.221 e. The molecular weight excluding hydrogens is 290 g/mol. The molecule has 3 heterocycles. The van der Waals surface area contributed by atoms with Crippen molar-refractivity contribution in [3.63, 3.8) is 0 Å². The third-order valence-electron chi connectivity index (χ3n) is 5.15. The minimum Gasteiger partial charge on any atom is -0.353 e. The van der Waals surface area contributed by atoms with Crippen molar-refractivity contribution in [3.8, 4) is 0 Å². The van der Waals surface area contributed by atoms with E-state index in [1.165, 1.54) is 36.3 Å². The lowest BCUT2D eigenvalue weighted by Crippen LogP contribution is -2.47. The molecule has 2 fully saturated rings. The Bertz CT molecular complexity index is 699. The summed E-state index contributed by atoms with van der Waals surface area (Å²) in [6, 6.07) is 0. The van der Waals surface area contributed by atoms with Gasteiger partial charge >= 0.3 is 0 Å². The van der Waals surface area contributed by atoms with E-state index < -0.39 is 0 Å². The number of rotatable bonds is 3. The number of nitrogens with one attached hydrogen (secondary N) is 1. The van der Waals surface area contributed by atoms with Crippen molar-refractivity contribution >= 4 is 11.8 Å². The van der Waals surface area contributed by atoms with E-state index in [1.807, 2.05) is 0 Å². The van der Waals surface area contributed by atoms with Gasteiger partial charge in [-0.2, -0.15) is 10.1 Å². The number of aromatic amines is 1. The van der Waals surface area contributed by atoms with Crippen LogP contribution in [0, 0.1) is 0 Å². The van der Waals surface area contributed by atoms with Crippen LogP contribution in [0.2, 0.25) is 0 Å². The van der Waals surface area contributed by atoms with E-state index in [4.69, 9.17) is 9.97 Å². The summed E-state index contributed by atoms with van der Waals surface area (Å²) < 4.78 is 0. The number of nitrogens with zero attached hydrogens (tertiary/aromatic N) is 6. The third kappa shape index (κ3) is 2.34. The molecule has 1 aliphatic heterocycles. The Kier molecular flexibility index (Phi) is 2.99. The second-order valence-corrected chi connectivity index (χ2v) is 6.74. The molecule has 120 valence electrons. The summed E-state index contributed by atoms with van der Waals surface area (Å²) >= 11 is 0. The summed E-state index contributed by atoms with van der Waals surface area (Å²) in [5.74, 6) is 3.80. The maximum Gasteiger partial charge on any atom is 0.221 e. The highest BCUT2D eigenvalue weighted by molar-refractivity contribution is 5.53. The molecular formula is C16H21N7. The maximum absolute atomic E-state index is 4.98. The number of hydrogen-bond donors (Lipinski definition) is 1. The number of hydrogen-bond acceptors (Lipinski definition) is 6. The Labute approximate surface area is 135 Å². The number of piperazine rings is 1. The van der Waals surface area contributed by atoms with E-state index in [0.717, 1.165) is 50.8 Å². The summed E-state index contributed by atoms with van der Waals surface area (Å²) in [6.07, 6.45) is 7.58. The van der Waals surface area contributed by atoms with Crippen molar-refractivity contribution in [2.75, 3.05) is 36.0 Å². The number of H-pyrrole nitrogens is 1. The van der Waals surface area contributed by atoms with Gasteiger partial charge in [0.15, 0.2) is 0 Å². The zero-order valence-corrected chi connectivity index (χ0v) is 13.2. The maximum atomic E-state index is 4.98. The molecule has 0 bridgehead atoms. The zero-order chi connectivity index (χ0) is 15.2. The van der Waals surface area contributed by atoms with Gasteiger partial charge in [-0.1, -0.05) is 0 Å². The molecule has 7 heteroatoms. The third-order valence-corrected chi connectivity index (χ3v) is 5.15. The summed E-state index contributed by atoms with van der Waals surface area (Å²) in [5, 5.41) is 6.90. The second kappa shape index (κ2) is 5.18. The highest BCUT2D eigenvalue weighted by atomic mass is 15.4. The number of aryl methyl sites for hydroxylation is 1. The van der Waals surface area contributed by atoms with Crippen LogP contribution < -0.4 is 9.80 Å². The normalized spacial score (nSPS) is 20.9. The molecule has 2 aromatic heterocycles. The van der Waals surface area contributed by atoms with Gasteiger partial charge in [0.25, 0.3) is 0 Å². The molecule has 2 aromatic rings. The molecule has 2 aliphatic carbocycles.